The lowest BCUT2D eigenvalue weighted by Gasteiger charge is -2.21. The van der Waals surface area contributed by atoms with E-state index in [1.54, 1.807) is 22.7 Å². The topological polar surface area (TPSA) is 67.2 Å². The first-order valence-electron chi connectivity index (χ1n) is 8.89. The van der Waals surface area contributed by atoms with Gasteiger partial charge in [-0.05, 0) is 17.9 Å². The van der Waals surface area contributed by atoms with E-state index in [0.29, 0.717) is 17.2 Å². The Hall–Kier alpha value is -2.15. The van der Waals surface area contributed by atoms with Gasteiger partial charge >= 0.3 is 0 Å². The molecule has 2 heterocycles. The number of hydrogen-bond acceptors (Lipinski definition) is 4. The Balaban J connectivity index is 2.07. The minimum atomic E-state index is -0.213. The largest absolute Gasteiger partial charge is 0.329 e. The van der Waals surface area contributed by atoms with E-state index in [2.05, 4.69) is 38.1 Å². The Morgan fingerprint density at radius 3 is 2.62 bits per heavy atom. The molecule has 7 heteroatoms. The summed E-state index contributed by atoms with van der Waals surface area (Å²) in [6.45, 7) is 8.90. The lowest BCUT2D eigenvalue weighted by molar-refractivity contribution is -0.117. The van der Waals surface area contributed by atoms with Crippen molar-refractivity contribution in [2.24, 2.45) is 7.05 Å². The Kier molecular flexibility index (Phi) is 6.58. The number of rotatable bonds is 7. The Morgan fingerprint density at radius 2 is 2.08 bits per heavy atom. The van der Waals surface area contributed by atoms with E-state index < -0.39 is 0 Å². The standard InChI is InChI=1S/C19H28N4O2S/c1-6-7-10-23(18(25)14-9-8-11-26-14)13-17(24)20-16-12-15(19(2,3)4)21-22(16)5/h8-9,11-12H,6-7,10,13H2,1-5H3,(H,20,24). The van der Waals surface area contributed by atoms with E-state index in [1.807, 2.05) is 17.5 Å². The average Bonchev–Trinajstić information content (AvgIpc) is 3.21. The molecule has 0 aliphatic heterocycles. The quantitative estimate of drug-likeness (QED) is 0.802. The Bertz CT molecular complexity index is 744. The number of nitrogens with zero attached hydrogens (tertiary/aromatic N) is 3. The molecular weight excluding hydrogens is 348 g/mol. The molecule has 0 aliphatic rings. The highest BCUT2D eigenvalue weighted by Crippen LogP contribution is 2.23. The monoisotopic (exact) mass is 376 g/mol. The number of carbonyl (C=O) groups is 2. The van der Waals surface area contributed by atoms with E-state index in [1.165, 1.54) is 11.3 Å². The van der Waals surface area contributed by atoms with Crippen LogP contribution in [-0.4, -0.2) is 39.6 Å². The van der Waals surface area contributed by atoms with Crippen LogP contribution in [0.3, 0.4) is 0 Å². The van der Waals surface area contributed by atoms with Crippen molar-refractivity contribution in [2.45, 2.75) is 46.0 Å². The van der Waals surface area contributed by atoms with Crippen LogP contribution in [0.4, 0.5) is 5.82 Å². The maximum absolute atomic E-state index is 12.6. The third kappa shape index (κ3) is 5.17. The lowest BCUT2D eigenvalue weighted by Crippen LogP contribution is -2.38. The zero-order valence-electron chi connectivity index (χ0n) is 16.2. The second kappa shape index (κ2) is 8.49. The van der Waals surface area contributed by atoms with Crippen molar-refractivity contribution in [1.29, 1.82) is 0 Å². The summed E-state index contributed by atoms with van der Waals surface area (Å²) in [7, 11) is 1.80. The van der Waals surface area contributed by atoms with Crippen LogP contribution in [0, 0.1) is 0 Å². The molecule has 1 N–H and O–H groups in total. The summed E-state index contributed by atoms with van der Waals surface area (Å²) in [4.78, 5) is 27.4. The van der Waals surface area contributed by atoms with Crippen molar-refractivity contribution in [2.75, 3.05) is 18.4 Å². The van der Waals surface area contributed by atoms with Gasteiger partial charge in [0, 0.05) is 25.1 Å². The maximum atomic E-state index is 12.6. The zero-order chi connectivity index (χ0) is 19.3. The van der Waals surface area contributed by atoms with E-state index in [-0.39, 0.29) is 23.8 Å². The molecule has 6 nitrogen and oxygen atoms in total. The summed E-state index contributed by atoms with van der Waals surface area (Å²) in [5, 5.41) is 9.21. The highest BCUT2D eigenvalue weighted by molar-refractivity contribution is 7.12. The predicted octanol–water partition coefficient (Wildman–Crippen LogP) is 3.66. The SMILES string of the molecule is CCCCN(CC(=O)Nc1cc(C(C)(C)C)nn1C)C(=O)c1cccs1. The lowest BCUT2D eigenvalue weighted by atomic mass is 9.92. The summed E-state index contributed by atoms with van der Waals surface area (Å²) >= 11 is 1.40. The summed E-state index contributed by atoms with van der Waals surface area (Å²) in [6, 6.07) is 5.52. The van der Waals surface area contributed by atoms with Crippen molar-refractivity contribution in [3.05, 3.63) is 34.2 Å². The summed E-state index contributed by atoms with van der Waals surface area (Å²) in [5.41, 5.74) is 0.816. The number of carbonyl (C=O) groups excluding carboxylic acids is 2. The van der Waals surface area contributed by atoms with Gasteiger partial charge in [0.25, 0.3) is 5.91 Å². The summed E-state index contributed by atoms with van der Waals surface area (Å²) < 4.78 is 1.66. The highest BCUT2D eigenvalue weighted by atomic mass is 32.1. The molecule has 0 bridgehead atoms. The zero-order valence-corrected chi connectivity index (χ0v) is 17.0. The summed E-state index contributed by atoms with van der Waals surface area (Å²) in [6.07, 6.45) is 1.83. The van der Waals surface area contributed by atoms with Gasteiger partial charge in [0.1, 0.15) is 12.4 Å². The molecular formula is C19H28N4O2S. The molecule has 142 valence electrons. The molecule has 0 unspecified atom stereocenters. The molecule has 0 saturated carbocycles. The van der Waals surface area contributed by atoms with Gasteiger partial charge in [0.15, 0.2) is 0 Å². The molecule has 0 aliphatic carbocycles. The first-order chi connectivity index (χ1) is 12.2. The van der Waals surface area contributed by atoms with Gasteiger partial charge in [-0.25, -0.2) is 0 Å². The van der Waals surface area contributed by atoms with Gasteiger partial charge < -0.3 is 10.2 Å². The van der Waals surface area contributed by atoms with E-state index >= 15 is 0 Å². The van der Waals surface area contributed by atoms with Gasteiger partial charge in [-0.3, -0.25) is 14.3 Å². The fourth-order valence-electron chi connectivity index (χ4n) is 2.46. The molecule has 2 aromatic rings. The van der Waals surface area contributed by atoms with Gasteiger partial charge in [-0.1, -0.05) is 40.2 Å². The second-order valence-corrected chi connectivity index (χ2v) is 8.34. The number of amides is 2. The number of thiophene rings is 1. The van der Waals surface area contributed by atoms with Crippen molar-refractivity contribution in [3.8, 4) is 0 Å². The average molecular weight is 377 g/mol. The van der Waals surface area contributed by atoms with Gasteiger partial charge in [-0.15, -0.1) is 11.3 Å². The van der Waals surface area contributed by atoms with Crippen molar-refractivity contribution in [3.63, 3.8) is 0 Å². The molecule has 0 saturated heterocycles. The summed E-state index contributed by atoms with van der Waals surface area (Å²) in [5.74, 6) is 0.331. The highest BCUT2D eigenvalue weighted by Gasteiger charge is 2.22. The Morgan fingerprint density at radius 1 is 1.35 bits per heavy atom. The Labute approximate surface area is 159 Å². The van der Waals surface area contributed by atoms with Crippen LogP contribution in [0.1, 0.15) is 55.9 Å². The van der Waals surface area contributed by atoms with Crippen molar-refractivity contribution < 1.29 is 9.59 Å². The first kappa shape index (κ1) is 20.2. The fraction of sp³-hybridized carbons (Fsp3) is 0.526. The number of unbranched alkanes of at least 4 members (excludes halogenated alkanes) is 1. The minimum absolute atomic E-state index is 0.0345. The normalized spacial score (nSPS) is 11.4. The molecule has 2 rings (SSSR count). The first-order valence-corrected chi connectivity index (χ1v) is 9.77. The number of anilines is 1. The number of hydrogen-bond donors (Lipinski definition) is 1. The molecule has 0 atom stereocenters. The van der Waals surface area contributed by atoms with Crippen LogP contribution in [0.5, 0.6) is 0 Å². The molecule has 0 radical (unpaired) electrons. The second-order valence-electron chi connectivity index (χ2n) is 7.39. The van der Waals surface area contributed by atoms with Crippen molar-refractivity contribution in [1.82, 2.24) is 14.7 Å². The van der Waals surface area contributed by atoms with E-state index in [9.17, 15) is 9.59 Å². The van der Waals surface area contributed by atoms with Crippen LogP contribution in [0.25, 0.3) is 0 Å². The number of aromatic nitrogens is 2. The smallest absolute Gasteiger partial charge is 0.264 e. The van der Waals surface area contributed by atoms with Crippen LogP contribution in [0.2, 0.25) is 0 Å². The molecule has 26 heavy (non-hydrogen) atoms. The molecule has 0 aromatic carbocycles. The van der Waals surface area contributed by atoms with Crippen LogP contribution in [-0.2, 0) is 17.3 Å². The third-order valence-electron chi connectivity index (χ3n) is 4.05. The molecule has 0 fully saturated rings. The minimum Gasteiger partial charge on any atom is -0.329 e. The van der Waals surface area contributed by atoms with Crippen LogP contribution >= 0.6 is 11.3 Å². The predicted molar refractivity (Wildman–Crippen MR) is 106 cm³/mol. The van der Waals surface area contributed by atoms with Crippen LogP contribution < -0.4 is 5.32 Å². The third-order valence-corrected chi connectivity index (χ3v) is 4.91. The van der Waals surface area contributed by atoms with Crippen LogP contribution in [0.15, 0.2) is 23.6 Å². The van der Waals surface area contributed by atoms with E-state index in [0.717, 1.165) is 18.5 Å². The maximum Gasteiger partial charge on any atom is 0.264 e. The van der Waals surface area contributed by atoms with E-state index in [4.69, 9.17) is 0 Å². The number of aryl methyl sites for hydroxylation is 1. The van der Waals surface area contributed by atoms with Gasteiger partial charge in [0.2, 0.25) is 5.91 Å². The fourth-order valence-corrected chi connectivity index (χ4v) is 3.15. The number of nitrogens with one attached hydrogen (secondary N) is 1. The molecule has 2 amide bonds. The van der Waals surface area contributed by atoms with Crippen molar-refractivity contribution >= 4 is 29.0 Å². The molecule has 2 aromatic heterocycles. The van der Waals surface area contributed by atoms with Gasteiger partial charge in [0.05, 0.1) is 10.6 Å². The van der Waals surface area contributed by atoms with Gasteiger partial charge in [-0.2, -0.15) is 5.10 Å². The molecule has 0 spiro atoms.